The van der Waals surface area contributed by atoms with Crippen molar-refractivity contribution in [3.05, 3.63) is 29.0 Å². The third kappa shape index (κ3) is 3.83. The topological polar surface area (TPSA) is 69.2 Å². The maximum absolute atomic E-state index is 13.1. The summed E-state index contributed by atoms with van der Waals surface area (Å²) in [6.07, 6.45) is -2.87. The number of methoxy groups -OCH3 is 1. The van der Waals surface area contributed by atoms with Gasteiger partial charge >= 0.3 is 6.18 Å². The molecule has 1 aliphatic heterocycles. The summed E-state index contributed by atoms with van der Waals surface area (Å²) in [7, 11) is 1.66. The first kappa shape index (κ1) is 19.5. The van der Waals surface area contributed by atoms with Crippen molar-refractivity contribution in [3.8, 4) is 11.3 Å². The molecule has 1 aliphatic carbocycles. The van der Waals surface area contributed by atoms with Gasteiger partial charge in [0.1, 0.15) is 12.4 Å². The molecule has 4 rings (SSSR count). The number of alkyl halides is 3. The predicted molar refractivity (Wildman–Crippen MR) is 99.0 cm³/mol. The quantitative estimate of drug-likeness (QED) is 0.785. The molecule has 2 fully saturated rings. The van der Waals surface area contributed by atoms with E-state index in [1.54, 1.807) is 19.2 Å². The van der Waals surface area contributed by atoms with Gasteiger partial charge in [0.2, 0.25) is 0 Å². The maximum Gasteiger partial charge on any atom is 0.408 e. The molecule has 6 nitrogen and oxygen atoms in total. The lowest BCUT2D eigenvalue weighted by atomic mass is 10.1. The lowest BCUT2D eigenvalue weighted by molar-refractivity contribution is -0.143. The highest BCUT2D eigenvalue weighted by molar-refractivity contribution is 6.33. The van der Waals surface area contributed by atoms with Crippen LogP contribution >= 0.6 is 11.6 Å². The zero-order valence-electron chi connectivity index (χ0n) is 15.3. The highest BCUT2D eigenvalue weighted by Gasteiger charge is 2.57. The Kier molecular flexibility index (Phi) is 5.01. The Balaban J connectivity index is 1.58. The molecule has 2 N–H and O–H groups in total. The molecule has 3 atom stereocenters. The number of piperidine rings is 1. The fraction of sp³-hybridized carbons (Fsp3) is 0.556. The fourth-order valence-corrected chi connectivity index (χ4v) is 4.35. The number of likely N-dealkylation sites (tertiary alicyclic amines) is 1. The van der Waals surface area contributed by atoms with Crippen molar-refractivity contribution in [2.45, 2.75) is 18.6 Å². The summed E-state index contributed by atoms with van der Waals surface area (Å²) in [5.74, 6) is 0.996. The summed E-state index contributed by atoms with van der Waals surface area (Å²) in [5.41, 5.74) is 7.22. The number of halogens is 4. The number of fused-ring (bicyclic) bond motifs is 1. The number of pyridine rings is 1. The minimum absolute atomic E-state index is 0.0969. The fourth-order valence-electron chi connectivity index (χ4n) is 4.18. The molecule has 2 aliphatic rings. The van der Waals surface area contributed by atoms with Gasteiger partial charge in [0.15, 0.2) is 0 Å². The van der Waals surface area contributed by atoms with Crippen LogP contribution < -0.4 is 5.73 Å². The van der Waals surface area contributed by atoms with E-state index in [9.17, 15) is 13.2 Å². The van der Waals surface area contributed by atoms with Gasteiger partial charge in [-0.15, -0.1) is 0 Å². The Morgan fingerprint density at radius 3 is 2.61 bits per heavy atom. The molecule has 0 radical (unpaired) electrons. The third-order valence-corrected chi connectivity index (χ3v) is 5.83. The van der Waals surface area contributed by atoms with E-state index in [-0.39, 0.29) is 16.8 Å². The molecule has 0 bridgehead atoms. The Labute approximate surface area is 165 Å². The number of nitrogen functional groups attached to an aromatic ring is 1. The van der Waals surface area contributed by atoms with Gasteiger partial charge in [0.25, 0.3) is 0 Å². The van der Waals surface area contributed by atoms with Crippen LogP contribution in [0.3, 0.4) is 0 Å². The van der Waals surface area contributed by atoms with Gasteiger partial charge in [0.05, 0.1) is 17.3 Å². The van der Waals surface area contributed by atoms with Crippen LogP contribution in [0.4, 0.5) is 19.0 Å². The van der Waals surface area contributed by atoms with Gasteiger partial charge < -0.3 is 15.4 Å². The lowest BCUT2D eigenvalue weighted by Gasteiger charge is -2.19. The number of hydrogen-bond acceptors (Lipinski definition) is 5. The number of nitrogens with zero attached hydrogens (tertiary/aromatic N) is 4. The number of nitrogens with two attached hydrogens (primary N) is 1. The summed E-state index contributed by atoms with van der Waals surface area (Å²) >= 11 is 6.01. The Morgan fingerprint density at radius 1 is 1.29 bits per heavy atom. The van der Waals surface area contributed by atoms with Crippen molar-refractivity contribution >= 4 is 17.4 Å². The minimum atomic E-state index is -4.34. The van der Waals surface area contributed by atoms with Crippen molar-refractivity contribution < 1.29 is 17.9 Å². The molecule has 0 unspecified atom stereocenters. The van der Waals surface area contributed by atoms with Crippen LogP contribution in [0.15, 0.2) is 18.3 Å². The zero-order chi connectivity index (χ0) is 20.1. The van der Waals surface area contributed by atoms with Crippen LogP contribution in [0.2, 0.25) is 5.02 Å². The maximum atomic E-state index is 13.1. The monoisotopic (exact) mass is 415 g/mol. The number of hydrogen-bond donors (Lipinski definition) is 1. The first-order valence-corrected chi connectivity index (χ1v) is 9.42. The molecule has 0 spiro atoms. The molecule has 1 saturated heterocycles. The molecule has 2 aromatic heterocycles. The Hall–Kier alpha value is -1.84. The zero-order valence-corrected chi connectivity index (χ0v) is 16.0. The molecule has 1 saturated carbocycles. The first-order chi connectivity index (χ1) is 13.3. The summed E-state index contributed by atoms with van der Waals surface area (Å²) < 4.78 is 45.5. The van der Waals surface area contributed by atoms with E-state index in [1.165, 1.54) is 6.20 Å². The van der Waals surface area contributed by atoms with Gasteiger partial charge in [-0.25, -0.2) is 4.98 Å². The van der Waals surface area contributed by atoms with E-state index < -0.39 is 12.7 Å². The first-order valence-electron chi connectivity index (χ1n) is 9.04. The molecule has 10 heteroatoms. The van der Waals surface area contributed by atoms with E-state index in [4.69, 9.17) is 22.1 Å². The second-order valence-electron chi connectivity index (χ2n) is 7.42. The van der Waals surface area contributed by atoms with Crippen molar-refractivity contribution in [3.63, 3.8) is 0 Å². The predicted octanol–water partition coefficient (Wildman–Crippen LogP) is 3.03. The third-order valence-electron chi connectivity index (χ3n) is 5.53. The van der Waals surface area contributed by atoms with Crippen molar-refractivity contribution in [2.75, 3.05) is 39.1 Å². The molecule has 0 aromatic carbocycles. The highest BCUT2D eigenvalue weighted by Crippen LogP contribution is 2.58. The number of ether oxygens (including phenoxy) is 1. The van der Waals surface area contributed by atoms with E-state index in [0.29, 0.717) is 35.4 Å². The summed E-state index contributed by atoms with van der Waals surface area (Å²) in [6.45, 7) is 2.15. The van der Waals surface area contributed by atoms with Crippen molar-refractivity contribution in [1.29, 1.82) is 0 Å². The Bertz CT molecular complexity index is 859. The highest BCUT2D eigenvalue weighted by atomic mass is 35.5. The van der Waals surface area contributed by atoms with Gasteiger partial charge in [-0.3, -0.25) is 4.68 Å². The number of aromatic nitrogens is 3. The minimum Gasteiger partial charge on any atom is -0.383 e. The number of rotatable bonds is 6. The van der Waals surface area contributed by atoms with Gasteiger partial charge in [-0.2, -0.15) is 18.3 Å². The molecule has 3 heterocycles. The van der Waals surface area contributed by atoms with E-state index in [0.717, 1.165) is 24.3 Å². The average molecular weight is 416 g/mol. The van der Waals surface area contributed by atoms with E-state index in [2.05, 4.69) is 15.0 Å². The molecule has 152 valence electrons. The van der Waals surface area contributed by atoms with Crippen molar-refractivity contribution in [2.24, 2.45) is 11.8 Å². The standard InChI is InChI=1S/C18H21ClF3N5O/c1-28-3-2-26-7-11-12(8-26)16(11)15-5-14(25-27(15)9-18(20,21)22)10-4-13(19)17(23)24-6-10/h4-6,11-12,16H,2-3,7-9H2,1H3,(H2,23,24)/t11-,12+,16-. The van der Waals surface area contributed by atoms with Crippen LogP contribution in [-0.4, -0.2) is 59.2 Å². The van der Waals surface area contributed by atoms with Crippen LogP contribution in [0, 0.1) is 11.8 Å². The summed E-state index contributed by atoms with van der Waals surface area (Å²) in [6, 6.07) is 3.31. The van der Waals surface area contributed by atoms with Crippen molar-refractivity contribution in [1.82, 2.24) is 19.7 Å². The molecule has 2 aromatic rings. The van der Waals surface area contributed by atoms with Gasteiger partial charge in [-0.05, 0) is 24.0 Å². The smallest absolute Gasteiger partial charge is 0.383 e. The second-order valence-corrected chi connectivity index (χ2v) is 7.83. The van der Waals surface area contributed by atoms with Crippen LogP contribution in [0.1, 0.15) is 11.6 Å². The summed E-state index contributed by atoms with van der Waals surface area (Å²) in [4.78, 5) is 6.28. The average Bonchev–Trinajstić information content (AvgIpc) is 2.95. The Morgan fingerprint density at radius 2 is 2.00 bits per heavy atom. The molecule has 0 amide bonds. The lowest BCUT2D eigenvalue weighted by Crippen LogP contribution is -2.28. The SMILES string of the molecule is COCCN1C[C@@H]2[C@H](C1)[C@@H]2c1cc(-c2cnc(N)c(Cl)c2)nn1CC(F)(F)F. The number of anilines is 1. The van der Waals surface area contributed by atoms with Crippen LogP contribution in [0.25, 0.3) is 11.3 Å². The van der Waals surface area contributed by atoms with E-state index >= 15 is 0 Å². The van der Waals surface area contributed by atoms with E-state index in [1.807, 2.05) is 0 Å². The second kappa shape index (κ2) is 7.20. The largest absolute Gasteiger partial charge is 0.408 e. The molecular weight excluding hydrogens is 395 g/mol. The van der Waals surface area contributed by atoms with Gasteiger partial charge in [-0.1, -0.05) is 11.6 Å². The summed E-state index contributed by atoms with van der Waals surface area (Å²) in [5, 5.41) is 4.47. The normalized spacial score (nSPS) is 24.5. The van der Waals surface area contributed by atoms with Crippen LogP contribution in [-0.2, 0) is 11.3 Å². The molecular formula is C18H21ClF3N5O. The molecule has 28 heavy (non-hydrogen) atoms. The van der Waals surface area contributed by atoms with Gasteiger partial charge in [0, 0.05) is 50.1 Å². The van der Waals surface area contributed by atoms with Crippen LogP contribution in [0.5, 0.6) is 0 Å².